The smallest absolute Gasteiger partial charge is 0.239 e. The van der Waals surface area contributed by atoms with Gasteiger partial charge < -0.3 is 4.74 Å². The van der Waals surface area contributed by atoms with Gasteiger partial charge in [-0.3, -0.25) is 0 Å². The fraction of sp³-hybridized carbons (Fsp3) is 0.455. The number of methoxy groups -OCH3 is 1. The first-order valence-corrected chi connectivity index (χ1v) is 7.50. The van der Waals surface area contributed by atoms with Gasteiger partial charge in [-0.25, -0.2) is 8.42 Å². The van der Waals surface area contributed by atoms with Crippen molar-refractivity contribution in [2.24, 2.45) is 0 Å². The molecule has 0 aliphatic heterocycles. The van der Waals surface area contributed by atoms with Crippen molar-refractivity contribution < 1.29 is 13.2 Å². The molecule has 0 amide bonds. The van der Waals surface area contributed by atoms with E-state index >= 15 is 0 Å². The van der Waals surface area contributed by atoms with Crippen LogP contribution in [0.5, 0.6) is 5.75 Å². The summed E-state index contributed by atoms with van der Waals surface area (Å²) in [6.07, 6.45) is 2.33. The van der Waals surface area contributed by atoms with Crippen molar-refractivity contribution in [1.82, 2.24) is 0 Å². The normalized spacial score (nSPS) is 20.2. The number of halogens is 1. The van der Waals surface area contributed by atoms with Gasteiger partial charge in [0.1, 0.15) is 11.0 Å². The Labute approximate surface area is 99.8 Å². The molecule has 1 aromatic rings. The summed E-state index contributed by atoms with van der Waals surface area (Å²) in [7, 11) is 3.52. The Balaban J connectivity index is 2.48. The zero-order valence-electron chi connectivity index (χ0n) is 8.94. The Hall–Kier alpha value is -0.740. The van der Waals surface area contributed by atoms with Gasteiger partial charge in [0.25, 0.3) is 0 Å². The number of rotatable bonds is 2. The van der Waals surface area contributed by atoms with Crippen LogP contribution < -0.4 is 4.74 Å². The second-order valence-electron chi connectivity index (χ2n) is 3.92. The molecule has 1 aliphatic rings. The summed E-state index contributed by atoms with van der Waals surface area (Å²) >= 11 is 0. The Bertz CT molecular complexity index is 496. The summed E-state index contributed by atoms with van der Waals surface area (Å²) in [5, 5.41) is -0.566. The highest BCUT2D eigenvalue weighted by molar-refractivity contribution is 8.13. The zero-order valence-corrected chi connectivity index (χ0v) is 10.5. The molecular weight excluding hydrogens is 248 g/mol. The highest BCUT2D eigenvalue weighted by atomic mass is 35.7. The van der Waals surface area contributed by atoms with Crippen LogP contribution in [-0.2, 0) is 15.5 Å². The number of hydrogen-bond acceptors (Lipinski definition) is 3. The average molecular weight is 261 g/mol. The number of benzene rings is 1. The first-order valence-electron chi connectivity index (χ1n) is 5.12. The molecule has 1 atom stereocenters. The highest BCUT2D eigenvalue weighted by Gasteiger charge is 2.30. The number of fused-ring (bicyclic) bond motifs is 1. The molecule has 0 heterocycles. The van der Waals surface area contributed by atoms with Crippen LogP contribution in [0.25, 0.3) is 0 Å². The van der Waals surface area contributed by atoms with Crippen LogP contribution in [0, 0.1) is 0 Å². The molecule has 0 saturated heterocycles. The van der Waals surface area contributed by atoms with Crippen molar-refractivity contribution in [2.75, 3.05) is 7.11 Å². The third-order valence-corrected chi connectivity index (χ3v) is 4.76. The SMILES string of the molecule is COc1ccc2c(c1)CCCC2S(=O)(=O)Cl. The summed E-state index contributed by atoms with van der Waals surface area (Å²) in [5.74, 6) is 0.756. The van der Waals surface area contributed by atoms with Gasteiger partial charge in [0.2, 0.25) is 9.05 Å². The monoisotopic (exact) mass is 260 g/mol. The van der Waals surface area contributed by atoms with Crippen molar-refractivity contribution in [3.63, 3.8) is 0 Å². The molecule has 1 aliphatic carbocycles. The molecule has 0 aromatic heterocycles. The lowest BCUT2D eigenvalue weighted by atomic mass is 9.91. The molecule has 0 radical (unpaired) electrons. The lowest BCUT2D eigenvalue weighted by Gasteiger charge is -2.23. The van der Waals surface area contributed by atoms with Crippen molar-refractivity contribution >= 4 is 19.7 Å². The predicted molar refractivity (Wildman–Crippen MR) is 63.4 cm³/mol. The van der Waals surface area contributed by atoms with Gasteiger partial charge in [-0.05, 0) is 42.5 Å². The van der Waals surface area contributed by atoms with Crippen molar-refractivity contribution in [3.8, 4) is 5.75 Å². The largest absolute Gasteiger partial charge is 0.497 e. The zero-order chi connectivity index (χ0) is 11.8. The Morgan fingerprint density at radius 3 is 2.81 bits per heavy atom. The van der Waals surface area contributed by atoms with Crippen LogP contribution in [0.4, 0.5) is 0 Å². The van der Waals surface area contributed by atoms with Gasteiger partial charge in [-0.2, -0.15) is 0 Å². The fourth-order valence-corrected chi connectivity index (χ4v) is 3.70. The minimum Gasteiger partial charge on any atom is -0.497 e. The summed E-state index contributed by atoms with van der Waals surface area (Å²) in [6.45, 7) is 0. The van der Waals surface area contributed by atoms with E-state index < -0.39 is 14.3 Å². The van der Waals surface area contributed by atoms with Crippen LogP contribution in [0.1, 0.15) is 29.2 Å². The maximum Gasteiger partial charge on any atom is 0.239 e. The molecule has 3 nitrogen and oxygen atoms in total. The lowest BCUT2D eigenvalue weighted by molar-refractivity contribution is 0.413. The minimum atomic E-state index is -3.53. The molecular formula is C11H13ClO3S. The fourth-order valence-electron chi connectivity index (χ4n) is 2.17. The van der Waals surface area contributed by atoms with Gasteiger partial charge in [0.15, 0.2) is 0 Å². The van der Waals surface area contributed by atoms with E-state index in [4.69, 9.17) is 15.4 Å². The Kier molecular flexibility index (Phi) is 3.13. The van der Waals surface area contributed by atoms with E-state index in [2.05, 4.69) is 0 Å². The van der Waals surface area contributed by atoms with Crippen LogP contribution in [0.2, 0.25) is 0 Å². The van der Waals surface area contributed by atoms with Crippen LogP contribution in [0.15, 0.2) is 18.2 Å². The van der Waals surface area contributed by atoms with Crippen LogP contribution in [-0.4, -0.2) is 15.5 Å². The lowest BCUT2D eigenvalue weighted by Crippen LogP contribution is -2.15. The van der Waals surface area contributed by atoms with Gasteiger partial charge >= 0.3 is 0 Å². The molecule has 0 bridgehead atoms. The van der Waals surface area contributed by atoms with E-state index in [0.29, 0.717) is 6.42 Å². The average Bonchev–Trinajstić information content (AvgIpc) is 2.26. The number of aryl methyl sites for hydroxylation is 1. The van der Waals surface area contributed by atoms with Gasteiger partial charge in [-0.15, -0.1) is 0 Å². The molecule has 0 saturated carbocycles. The molecule has 2 rings (SSSR count). The van der Waals surface area contributed by atoms with E-state index in [1.54, 1.807) is 19.2 Å². The molecule has 1 unspecified atom stereocenters. The third kappa shape index (κ3) is 2.18. The van der Waals surface area contributed by atoms with Crippen LogP contribution >= 0.6 is 10.7 Å². The van der Waals surface area contributed by atoms with Crippen LogP contribution in [0.3, 0.4) is 0 Å². The number of hydrogen-bond donors (Lipinski definition) is 0. The molecule has 0 N–H and O–H groups in total. The first-order chi connectivity index (χ1) is 7.52. The summed E-state index contributed by atoms with van der Waals surface area (Å²) in [6, 6.07) is 5.47. The van der Waals surface area contributed by atoms with Gasteiger partial charge in [0, 0.05) is 10.7 Å². The van der Waals surface area contributed by atoms with Crippen molar-refractivity contribution in [3.05, 3.63) is 29.3 Å². The van der Waals surface area contributed by atoms with Crippen molar-refractivity contribution in [2.45, 2.75) is 24.5 Å². The van der Waals surface area contributed by atoms with Gasteiger partial charge in [0.05, 0.1) is 7.11 Å². The Morgan fingerprint density at radius 2 is 2.19 bits per heavy atom. The molecule has 5 heteroatoms. The second kappa shape index (κ2) is 4.26. The third-order valence-electron chi connectivity index (χ3n) is 2.95. The van der Waals surface area contributed by atoms with E-state index in [0.717, 1.165) is 29.7 Å². The first kappa shape index (κ1) is 11.7. The highest BCUT2D eigenvalue weighted by Crippen LogP contribution is 2.38. The summed E-state index contributed by atoms with van der Waals surface area (Å²) in [4.78, 5) is 0. The summed E-state index contributed by atoms with van der Waals surface area (Å²) < 4.78 is 28.0. The van der Waals surface area contributed by atoms with E-state index in [9.17, 15) is 8.42 Å². The van der Waals surface area contributed by atoms with E-state index in [-0.39, 0.29) is 0 Å². The minimum absolute atomic E-state index is 0.566. The molecule has 1 aromatic carbocycles. The molecule has 88 valence electrons. The van der Waals surface area contributed by atoms with E-state index in [1.807, 2.05) is 6.07 Å². The Morgan fingerprint density at radius 1 is 1.44 bits per heavy atom. The maximum atomic E-state index is 11.4. The predicted octanol–water partition coefficient (Wildman–Crippen LogP) is 2.64. The second-order valence-corrected chi connectivity index (χ2v) is 6.73. The number of ether oxygens (including phenoxy) is 1. The van der Waals surface area contributed by atoms with Crippen molar-refractivity contribution in [1.29, 1.82) is 0 Å². The molecule has 0 spiro atoms. The van der Waals surface area contributed by atoms with E-state index in [1.165, 1.54) is 0 Å². The standard InChI is InChI=1S/C11H13ClO3S/c1-15-9-5-6-10-8(7-9)3-2-4-11(10)16(12,13)14/h5-7,11H,2-4H2,1H3. The maximum absolute atomic E-state index is 11.4. The topological polar surface area (TPSA) is 43.4 Å². The summed E-state index contributed by atoms with van der Waals surface area (Å²) in [5.41, 5.74) is 1.85. The molecule has 0 fully saturated rings. The molecule has 16 heavy (non-hydrogen) atoms. The quantitative estimate of drug-likeness (QED) is 0.768. The van der Waals surface area contributed by atoms with Gasteiger partial charge in [-0.1, -0.05) is 6.07 Å².